The molecule has 0 aliphatic heterocycles. The molecule has 0 amide bonds. The molecule has 1 N–H and O–H groups in total. The van der Waals surface area contributed by atoms with Gasteiger partial charge in [-0.25, -0.2) is 4.39 Å². The van der Waals surface area contributed by atoms with Crippen molar-refractivity contribution in [2.24, 2.45) is 0 Å². The fraction of sp³-hybridized carbons (Fsp3) is 0.200. The van der Waals surface area contributed by atoms with E-state index < -0.39 is 6.10 Å². The summed E-state index contributed by atoms with van der Waals surface area (Å²) in [7, 11) is 0. The number of benzene rings is 2. The van der Waals surface area contributed by atoms with Gasteiger partial charge in [-0.3, -0.25) is 0 Å². The van der Waals surface area contributed by atoms with Crippen molar-refractivity contribution in [3.05, 3.63) is 63.9 Å². The molecule has 1 atom stereocenters. The Morgan fingerprint density at radius 1 is 1.21 bits per heavy atom. The van der Waals surface area contributed by atoms with Gasteiger partial charge in [0, 0.05) is 4.47 Å². The molecule has 2 aromatic rings. The van der Waals surface area contributed by atoms with Crippen molar-refractivity contribution in [2.75, 3.05) is 0 Å². The molecule has 2 aromatic carbocycles. The predicted octanol–water partition coefficient (Wildman–Crippen LogP) is 4.22. The zero-order chi connectivity index (χ0) is 13.8. The van der Waals surface area contributed by atoms with Gasteiger partial charge in [-0.05, 0) is 48.4 Å². The first kappa shape index (κ1) is 14.0. The Bertz CT molecular complexity index is 532. The lowest BCUT2D eigenvalue weighted by atomic mass is 10.1. The van der Waals surface area contributed by atoms with Crippen LogP contribution >= 0.6 is 15.9 Å². The first-order valence-electron chi connectivity index (χ1n) is 5.90. The van der Waals surface area contributed by atoms with Crippen LogP contribution in [0.25, 0.3) is 0 Å². The van der Waals surface area contributed by atoms with Gasteiger partial charge in [0.15, 0.2) is 0 Å². The van der Waals surface area contributed by atoms with Crippen molar-refractivity contribution in [3.8, 4) is 5.75 Å². The Labute approximate surface area is 120 Å². The topological polar surface area (TPSA) is 29.5 Å². The highest BCUT2D eigenvalue weighted by atomic mass is 79.9. The van der Waals surface area contributed by atoms with E-state index >= 15 is 0 Å². The molecule has 4 heteroatoms. The number of ether oxygens (including phenoxy) is 1. The summed E-state index contributed by atoms with van der Waals surface area (Å²) in [6.07, 6.45) is -0.492. The molecular weight excluding hydrogens is 311 g/mol. The first-order valence-corrected chi connectivity index (χ1v) is 6.69. The maximum absolute atomic E-state index is 13.2. The smallest absolute Gasteiger partial charge is 0.124 e. The molecule has 100 valence electrons. The van der Waals surface area contributed by atoms with Gasteiger partial charge in [0.25, 0.3) is 0 Å². The van der Waals surface area contributed by atoms with E-state index in [9.17, 15) is 9.50 Å². The van der Waals surface area contributed by atoms with Crippen molar-refractivity contribution in [2.45, 2.75) is 19.6 Å². The molecule has 0 saturated carbocycles. The highest BCUT2D eigenvalue weighted by Crippen LogP contribution is 2.20. The van der Waals surface area contributed by atoms with Gasteiger partial charge in [-0.15, -0.1) is 0 Å². The lowest BCUT2D eigenvalue weighted by molar-refractivity contribution is 0.199. The molecule has 0 heterocycles. The van der Waals surface area contributed by atoms with Crippen LogP contribution in [0.15, 0.2) is 46.9 Å². The quantitative estimate of drug-likeness (QED) is 0.912. The lowest BCUT2D eigenvalue weighted by Gasteiger charge is -2.09. The summed E-state index contributed by atoms with van der Waals surface area (Å²) in [6.45, 7) is 2.00. The highest BCUT2D eigenvalue weighted by Gasteiger charge is 2.03. The van der Waals surface area contributed by atoms with Gasteiger partial charge < -0.3 is 9.84 Å². The summed E-state index contributed by atoms with van der Waals surface area (Å²) in [5.74, 6) is 0.391. The second-order valence-corrected chi connectivity index (χ2v) is 5.23. The van der Waals surface area contributed by atoms with Crippen LogP contribution in [0.5, 0.6) is 5.75 Å². The van der Waals surface area contributed by atoms with E-state index in [2.05, 4.69) is 15.9 Å². The fourth-order valence-corrected chi connectivity index (χ4v) is 2.22. The minimum atomic E-state index is -0.492. The normalized spacial score (nSPS) is 12.2. The van der Waals surface area contributed by atoms with E-state index in [0.29, 0.717) is 16.8 Å². The van der Waals surface area contributed by atoms with E-state index in [0.717, 1.165) is 11.1 Å². The third-order valence-corrected chi connectivity index (χ3v) is 3.15. The average molecular weight is 325 g/mol. The minimum Gasteiger partial charge on any atom is -0.489 e. The number of hydrogen-bond acceptors (Lipinski definition) is 2. The zero-order valence-corrected chi connectivity index (χ0v) is 12.0. The molecule has 0 aliphatic carbocycles. The van der Waals surface area contributed by atoms with Gasteiger partial charge in [0.1, 0.15) is 18.2 Å². The monoisotopic (exact) mass is 324 g/mol. The number of aliphatic hydroxyl groups is 1. The van der Waals surface area contributed by atoms with Crippen LogP contribution in [0.2, 0.25) is 0 Å². The van der Waals surface area contributed by atoms with Crippen LogP contribution in [-0.4, -0.2) is 5.11 Å². The Kier molecular flexibility index (Phi) is 4.56. The van der Waals surface area contributed by atoms with Crippen LogP contribution in [-0.2, 0) is 6.61 Å². The van der Waals surface area contributed by atoms with Crippen LogP contribution in [0.1, 0.15) is 24.2 Å². The molecule has 2 rings (SSSR count). The summed E-state index contributed by atoms with van der Waals surface area (Å²) >= 11 is 3.24. The Hall–Kier alpha value is -1.39. The second kappa shape index (κ2) is 6.17. The lowest BCUT2D eigenvalue weighted by Crippen LogP contribution is -1.97. The van der Waals surface area contributed by atoms with Crippen molar-refractivity contribution < 1.29 is 14.2 Å². The molecule has 0 spiro atoms. The molecule has 0 unspecified atom stereocenters. The van der Waals surface area contributed by atoms with Gasteiger partial charge in [0.05, 0.1) is 6.10 Å². The largest absolute Gasteiger partial charge is 0.489 e. The molecule has 0 saturated heterocycles. The molecule has 0 radical (unpaired) electrons. The average Bonchev–Trinajstić information content (AvgIpc) is 2.36. The third-order valence-electron chi connectivity index (χ3n) is 2.69. The van der Waals surface area contributed by atoms with Crippen molar-refractivity contribution in [1.29, 1.82) is 0 Å². The van der Waals surface area contributed by atoms with Gasteiger partial charge >= 0.3 is 0 Å². The Morgan fingerprint density at radius 3 is 2.47 bits per heavy atom. The van der Waals surface area contributed by atoms with Crippen LogP contribution in [0, 0.1) is 5.82 Å². The van der Waals surface area contributed by atoms with E-state index in [1.165, 1.54) is 12.1 Å². The van der Waals surface area contributed by atoms with Crippen molar-refractivity contribution >= 4 is 15.9 Å². The second-order valence-electron chi connectivity index (χ2n) is 4.31. The van der Waals surface area contributed by atoms with Gasteiger partial charge in [-0.1, -0.05) is 28.1 Å². The third kappa shape index (κ3) is 4.04. The number of halogens is 2. The number of rotatable bonds is 4. The molecular formula is C15H14BrFO2. The first-order chi connectivity index (χ1) is 9.04. The molecule has 0 aromatic heterocycles. The highest BCUT2D eigenvalue weighted by molar-refractivity contribution is 9.10. The fourth-order valence-electron chi connectivity index (χ4n) is 1.70. The standard InChI is InChI=1S/C15H14BrFO2/c1-10(18)12-2-4-15(5-3-12)19-9-11-6-13(16)8-14(17)7-11/h2-8,10,18H,9H2,1H3/t10-/m1/s1. The SMILES string of the molecule is C[C@@H](O)c1ccc(OCc2cc(F)cc(Br)c2)cc1. The summed E-state index contributed by atoms with van der Waals surface area (Å²) in [5, 5.41) is 9.40. The van der Waals surface area contributed by atoms with Gasteiger partial charge in [0.2, 0.25) is 0 Å². The predicted molar refractivity (Wildman–Crippen MR) is 75.5 cm³/mol. The number of aliphatic hydroxyl groups excluding tert-OH is 1. The maximum Gasteiger partial charge on any atom is 0.124 e. The summed E-state index contributed by atoms with van der Waals surface area (Å²) in [5.41, 5.74) is 1.59. The number of hydrogen-bond donors (Lipinski definition) is 1. The molecule has 0 bridgehead atoms. The van der Waals surface area contributed by atoms with Crippen LogP contribution in [0.3, 0.4) is 0 Å². The van der Waals surface area contributed by atoms with E-state index in [4.69, 9.17) is 4.74 Å². The summed E-state index contributed by atoms with van der Waals surface area (Å²) < 4.78 is 19.4. The summed E-state index contributed by atoms with van der Waals surface area (Å²) in [4.78, 5) is 0. The molecule has 0 aliphatic rings. The van der Waals surface area contributed by atoms with Crippen LogP contribution < -0.4 is 4.74 Å². The van der Waals surface area contributed by atoms with Crippen LogP contribution in [0.4, 0.5) is 4.39 Å². The minimum absolute atomic E-state index is 0.294. The summed E-state index contributed by atoms with van der Waals surface area (Å²) in [6, 6.07) is 11.8. The van der Waals surface area contributed by atoms with E-state index in [1.54, 1.807) is 19.1 Å². The molecule has 2 nitrogen and oxygen atoms in total. The molecule has 0 fully saturated rings. The van der Waals surface area contributed by atoms with Gasteiger partial charge in [-0.2, -0.15) is 0 Å². The van der Waals surface area contributed by atoms with E-state index in [-0.39, 0.29) is 5.82 Å². The van der Waals surface area contributed by atoms with E-state index in [1.807, 2.05) is 18.2 Å². The Morgan fingerprint density at radius 2 is 1.89 bits per heavy atom. The Balaban J connectivity index is 2.02. The zero-order valence-electron chi connectivity index (χ0n) is 10.4. The van der Waals surface area contributed by atoms with Crippen molar-refractivity contribution in [3.63, 3.8) is 0 Å². The molecule has 19 heavy (non-hydrogen) atoms. The maximum atomic E-state index is 13.2. The van der Waals surface area contributed by atoms with Crippen molar-refractivity contribution in [1.82, 2.24) is 0 Å².